The first-order valence-corrected chi connectivity index (χ1v) is 14.1. The quantitative estimate of drug-likeness (QED) is 0.249. The number of nitrogens with one attached hydrogen (secondary N) is 1. The summed E-state index contributed by atoms with van der Waals surface area (Å²) in [6, 6.07) is 15.2. The molecule has 0 aliphatic heterocycles. The van der Waals surface area contributed by atoms with Gasteiger partial charge in [-0.05, 0) is 66.5 Å². The van der Waals surface area contributed by atoms with Crippen molar-refractivity contribution < 1.29 is 19.1 Å². The molecule has 8 heteroatoms. The number of amides is 1. The molecule has 0 fully saturated rings. The van der Waals surface area contributed by atoms with Crippen LogP contribution in [-0.4, -0.2) is 35.6 Å². The molecule has 39 heavy (non-hydrogen) atoms. The van der Waals surface area contributed by atoms with Gasteiger partial charge in [-0.3, -0.25) is 15.1 Å². The predicted molar refractivity (Wildman–Crippen MR) is 154 cm³/mol. The highest BCUT2D eigenvalue weighted by Crippen LogP contribution is 2.41. The van der Waals surface area contributed by atoms with Crippen LogP contribution in [0.1, 0.15) is 55.2 Å². The first-order valence-electron chi connectivity index (χ1n) is 13.3. The molecule has 2 heterocycles. The predicted octanol–water partition coefficient (Wildman–Crippen LogP) is 6.70. The minimum atomic E-state index is -0.493. The number of hydrogen-bond donors (Lipinski definition) is 1. The lowest BCUT2D eigenvalue weighted by Crippen LogP contribution is -2.31. The Morgan fingerprint density at radius 2 is 1.87 bits per heavy atom. The van der Waals surface area contributed by atoms with Gasteiger partial charge in [0.2, 0.25) is 0 Å². The number of pyridine rings is 1. The van der Waals surface area contributed by atoms with Crippen LogP contribution in [0.5, 0.6) is 5.75 Å². The second-order valence-electron chi connectivity index (χ2n) is 10.6. The summed E-state index contributed by atoms with van der Waals surface area (Å²) < 4.78 is 10.8. The molecule has 1 unspecified atom stereocenters. The molecular weight excluding hydrogens is 510 g/mol. The lowest BCUT2D eigenvalue weighted by atomic mass is 9.68. The van der Waals surface area contributed by atoms with Crippen molar-refractivity contribution in [2.75, 3.05) is 19.0 Å². The van der Waals surface area contributed by atoms with E-state index in [1.165, 1.54) is 11.3 Å². The number of nitrogens with zero attached hydrogens (tertiary/aromatic N) is 2. The van der Waals surface area contributed by atoms with Gasteiger partial charge in [0.1, 0.15) is 5.75 Å². The normalized spacial score (nSPS) is 15.0. The van der Waals surface area contributed by atoms with Crippen LogP contribution in [0.15, 0.2) is 53.9 Å². The molecule has 0 spiro atoms. The fourth-order valence-corrected chi connectivity index (χ4v) is 5.90. The molecule has 1 N–H and O–H groups in total. The molecule has 1 aliphatic rings. The van der Waals surface area contributed by atoms with Crippen LogP contribution in [0, 0.1) is 11.3 Å². The Morgan fingerprint density at radius 3 is 2.62 bits per heavy atom. The SMILES string of the molecule is CCC(C)(C)C1CCc2nc3ccccc3c(C(=O)OCC(=O)Nc3nc(-c4ccc(OC)cc4)cs3)c2C1. The van der Waals surface area contributed by atoms with Gasteiger partial charge >= 0.3 is 5.97 Å². The minimum absolute atomic E-state index is 0.156. The van der Waals surface area contributed by atoms with E-state index in [0.717, 1.165) is 64.9 Å². The lowest BCUT2D eigenvalue weighted by Gasteiger charge is -2.37. The molecule has 1 atom stereocenters. The number of carbonyl (C=O) groups excluding carboxylic acids is 2. The monoisotopic (exact) mass is 543 g/mol. The van der Waals surface area contributed by atoms with E-state index in [1.54, 1.807) is 7.11 Å². The summed E-state index contributed by atoms with van der Waals surface area (Å²) in [6.07, 6.45) is 3.71. The van der Waals surface area contributed by atoms with Gasteiger partial charge < -0.3 is 9.47 Å². The number of esters is 1. The average molecular weight is 544 g/mol. The third-order valence-corrected chi connectivity index (χ3v) is 8.71. The minimum Gasteiger partial charge on any atom is -0.497 e. The Morgan fingerprint density at radius 1 is 1.10 bits per heavy atom. The summed E-state index contributed by atoms with van der Waals surface area (Å²) >= 11 is 1.32. The molecule has 2 aromatic heterocycles. The average Bonchev–Trinajstić information content (AvgIpc) is 3.42. The number of methoxy groups -OCH3 is 1. The van der Waals surface area contributed by atoms with Crippen LogP contribution in [0.25, 0.3) is 22.2 Å². The fourth-order valence-electron chi connectivity index (χ4n) is 5.16. The number of para-hydroxylation sites is 1. The summed E-state index contributed by atoms with van der Waals surface area (Å²) in [5.74, 6) is 0.277. The highest BCUT2D eigenvalue weighted by Gasteiger charge is 2.34. The van der Waals surface area contributed by atoms with Crippen molar-refractivity contribution in [3.05, 3.63) is 70.7 Å². The Labute approximate surface area is 232 Å². The van der Waals surface area contributed by atoms with E-state index in [9.17, 15) is 9.59 Å². The van der Waals surface area contributed by atoms with Gasteiger partial charge in [0.25, 0.3) is 5.91 Å². The molecule has 0 saturated carbocycles. The topological polar surface area (TPSA) is 90.4 Å². The number of fused-ring (bicyclic) bond motifs is 2. The molecule has 1 amide bonds. The van der Waals surface area contributed by atoms with Gasteiger partial charge in [-0.1, -0.05) is 45.4 Å². The van der Waals surface area contributed by atoms with E-state index in [1.807, 2.05) is 53.9 Å². The molecule has 5 rings (SSSR count). The first-order chi connectivity index (χ1) is 18.8. The van der Waals surface area contributed by atoms with Crippen molar-refractivity contribution in [3.8, 4) is 17.0 Å². The molecule has 4 aromatic rings. The van der Waals surface area contributed by atoms with Gasteiger partial charge in [-0.2, -0.15) is 0 Å². The van der Waals surface area contributed by atoms with Crippen LogP contribution in [0.3, 0.4) is 0 Å². The van der Waals surface area contributed by atoms with E-state index < -0.39 is 18.5 Å². The summed E-state index contributed by atoms with van der Waals surface area (Å²) in [5, 5.41) is 5.83. The Hall–Kier alpha value is -3.78. The van der Waals surface area contributed by atoms with E-state index in [4.69, 9.17) is 14.5 Å². The number of hydrogen-bond acceptors (Lipinski definition) is 7. The van der Waals surface area contributed by atoms with Crippen molar-refractivity contribution in [1.82, 2.24) is 9.97 Å². The van der Waals surface area contributed by atoms with Crippen molar-refractivity contribution in [3.63, 3.8) is 0 Å². The molecular formula is C31H33N3O4S. The number of thiazole rings is 1. The number of aryl methyl sites for hydroxylation is 1. The maximum atomic E-state index is 13.5. The number of rotatable bonds is 8. The van der Waals surface area contributed by atoms with Crippen LogP contribution in [-0.2, 0) is 22.4 Å². The largest absolute Gasteiger partial charge is 0.497 e. The van der Waals surface area contributed by atoms with Crippen molar-refractivity contribution >= 4 is 39.2 Å². The number of benzene rings is 2. The standard InChI is InChI=1S/C31H33N3O4S/c1-5-31(2,3)20-12-15-25-23(16-20)28(22-8-6-7-9-24(22)32-25)29(36)38-17-27(35)34-30-33-26(18-39-30)19-10-13-21(37-4)14-11-19/h6-11,13-14,18,20H,5,12,15-17H2,1-4H3,(H,33,34,35). The van der Waals surface area contributed by atoms with Gasteiger partial charge in [-0.25, -0.2) is 9.78 Å². The third kappa shape index (κ3) is 5.66. The van der Waals surface area contributed by atoms with Gasteiger partial charge in [0, 0.05) is 22.0 Å². The smallest absolute Gasteiger partial charge is 0.339 e. The summed E-state index contributed by atoms with van der Waals surface area (Å²) in [6.45, 7) is 6.40. The molecule has 0 saturated heterocycles. The van der Waals surface area contributed by atoms with Crippen LogP contribution < -0.4 is 10.1 Å². The molecule has 7 nitrogen and oxygen atoms in total. The van der Waals surface area contributed by atoms with Crippen LogP contribution >= 0.6 is 11.3 Å². The molecule has 0 radical (unpaired) electrons. The number of ether oxygens (including phenoxy) is 2. The summed E-state index contributed by atoms with van der Waals surface area (Å²) in [5.41, 5.74) is 5.05. The van der Waals surface area contributed by atoms with Crippen LogP contribution in [0.4, 0.5) is 5.13 Å². The highest BCUT2D eigenvalue weighted by atomic mass is 32.1. The number of carbonyl (C=O) groups is 2. The highest BCUT2D eigenvalue weighted by molar-refractivity contribution is 7.14. The van der Waals surface area contributed by atoms with Gasteiger partial charge in [0.05, 0.1) is 23.9 Å². The summed E-state index contributed by atoms with van der Waals surface area (Å²) in [7, 11) is 1.62. The van der Waals surface area contributed by atoms with E-state index in [0.29, 0.717) is 16.6 Å². The van der Waals surface area contributed by atoms with E-state index in [-0.39, 0.29) is 5.41 Å². The van der Waals surface area contributed by atoms with Crippen molar-refractivity contribution in [1.29, 1.82) is 0 Å². The Balaban J connectivity index is 1.31. The summed E-state index contributed by atoms with van der Waals surface area (Å²) in [4.78, 5) is 35.6. The zero-order valence-corrected chi connectivity index (χ0v) is 23.6. The lowest BCUT2D eigenvalue weighted by molar-refractivity contribution is -0.119. The zero-order valence-electron chi connectivity index (χ0n) is 22.7. The second-order valence-corrected chi connectivity index (χ2v) is 11.5. The maximum Gasteiger partial charge on any atom is 0.339 e. The molecule has 2 aromatic carbocycles. The van der Waals surface area contributed by atoms with Crippen LogP contribution in [0.2, 0.25) is 0 Å². The third-order valence-electron chi connectivity index (χ3n) is 7.95. The molecule has 1 aliphatic carbocycles. The molecule has 0 bridgehead atoms. The molecule has 202 valence electrons. The van der Waals surface area contributed by atoms with Crippen molar-refractivity contribution in [2.45, 2.75) is 46.5 Å². The zero-order chi connectivity index (χ0) is 27.6. The van der Waals surface area contributed by atoms with Gasteiger partial charge in [-0.15, -0.1) is 11.3 Å². The van der Waals surface area contributed by atoms with Crippen molar-refractivity contribution in [2.24, 2.45) is 11.3 Å². The van der Waals surface area contributed by atoms with E-state index in [2.05, 4.69) is 31.1 Å². The fraction of sp³-hybridized carbons (Fsp3) is 0.355. The number of anilines is 1. The first kappa shape index (κ1) is 26.8. The van der Waals surface area contributed by atoms with E-state index >= 15 is 0 Å². The Bertz CT molecular complexity index is 1510. The van der Waals surface area contributed by atoms with Gasteiger partial charge in [0.15, 0.2) is 11.7 Å². The Kier molecular flexibility index (Phi) is 7.66. The number of aromatic nitrogens is 2. The second kappa shape index (κ2) is 11.1. The maximum absolute atomic E-state index is 13.5.